The second kappa shape index (κ2) is 7.40. The fourth-order valence-electron chi connectivity index (χ4n) is 2.01. The maximum atomic E-state index is 11.9. The highest BCUT2D eigenvalue weighted by molar-refractivity contribution is 5.95. The highest BCUT2D eigenvalue weighted by Gasteiger charge is 2.08. The van der Waals surface area contributed by atoms with Crippen LogP contribution in [0.4, 0.5) is 5.69 Å². The van der Waals surface area contributed by atoms with Crippen LogP contribution in [0.3, 0.4) is 0 Å². The Kier molecular flexibility index (Phi) is 5.29. The Morgan fingerprint density at radius 2 is 2.05 bits per heavy atom. The van der Waals surface area contributed by atoms with Gasteiger partial charge in [0.2, 0.25) is 0 Å². The van der Waals surface area contributed by atoms with Gasteiger partial charge in [-0.25, -0.2) is 0 Å². The molecule has 0 aliphatic heterocycles. The fourth-order valence-corrected chi connectivity index (χ4v) is 2.01. The van der Waals surface area contributed by atoms with Crippen molar-refractivity contribution in [2.45, 2.75) is 13.0 Å². The maximum absolute atomic E-state index is 11.9. The van der Waals surface area contributed by atoms with Crippen molar-refractivity contribution in [3.05, 3.63) is 59.9 Å². The lowest BCUT2D eigenvalue weighted by atomic mass is 10.1. The van der Waals surface area contributed by atoms with Gasteiger partial charge in [0.25, 0.3) is 5.91 Å². The molecule has 2 aromatic rings. The first-order valence-corrected chi connectivity index (χ1v) is 6.86. The molecule has 1 aromatic carbocycles. The maximum Gasteiger partial charge on any atom is 0.251 e. The molecule has 5 heteroatoms. The van der Waals surface area contributed by atoms with Crippen molar-refractivity contribution in [1.29, 1.82) is 0 Å². The molecule has 1 amide bonds. The van der Waals surface area contributed by atoms with E-state index in [2.05, 4.69) is 15.6 Å². The van der Waals surface area contributed by atoms with Gasteiger partial charge in [-0.2, -0.15) is 0 Å². The van der Waals surface area contributed by atoms with Crippen molar-refractivity contribution in [2.75, 3.05) is 18.5 Å². The van der Waals surface area contributed by atoms with Crippen LogP contribution in [-0.2, 0) is 0 Å². The van der Waals surface area contributed by atoms with E-state index < -0.39 is 0 Å². The number of pyridine rings is 1. The Balaban J connectivity index is 2.06. The average molecular weight is 285 g/mol. The Labute approximate surface area is 124 Å². The van der Waals surface area contributed by atoms with Gasteiger partial charge in [0.1, 0.15) is 0 Å². The van der Waals surface area contributed by atoms with Gasteiger partial charge in [0.05, 0.1) is 6.61 Å². The molecule has 1 heterocycles. The zero-order chi connectivity index (χ0) is 15.1. The number of rotatable bonds is 6. The number of aliphatic hydroxyl groups is 1. The van der Waals surface area contributed by atoms with Crippen LogP contribution in [0.15, 0.2) is 48.8 Å². The number of benzene rings is 1. The van der Waals surface area contributed by atoms with Gasteiger partial charge in [-0.05, 0) is 42.8 Å². The minimum Gasteiger partial charge on any atom is -0.395 e. The van der Waals surface area contributed by atoms with E-state index in [-0.39, 0.29) is 25.1 Å². The van der Waals surface area contributed by atoms with Gasteiger partial charge in [-0.15, -0.1) is 0 Å². The predicted molar refractivity (Wildman–Crippen MR) is 82.1 cm³/mol. The van der Waals surface area contributed by atoms with E-state index in [1.165, 1.54) is 0 Å². The number of amides is 1. The van der Waals surface area contributed by atoms with E-state index in [4.69, 9.17) is 5.11 Å². The van der Waals surface area contributed by atoms with Crippen molar-refractivity contribution < 1.29 is 9.90 Å². The molecule has 110 valence electrons. The summed E-state index contributed by atoms with van der Waals surface area (Å²) in [6, 6.07) is 11.3. The molecular weight excluding hydrogens is 266 g/mol. The van der Waals surface area contributed by atoms with Crippen LogP contribution in [-0.4, -0.2) is 29.1 Å². The standard InChI is InChI=1S/C16H19N3O2/c1-12(13-5-7-17-8-6-13)19-15-4-2-3-14(11-15)16(21)18-9-10-20/h2-8,11-12,19-20H,9-10H2,1H3,(H,18,21). The SMILES string of the molecule is CC(Nc1cccc(C(=O)NCCO)c1)c1ccncc1. The summed E-state index contributed by atoms with van der Waals surface area (Å²) in [5.74, 6) is -0.190. The summed E-state index contributed by atoms with van der Waals surface area (Å²) >= 11 is 0. The van der Waals surface area contributed by atoms with Crippen LogP contribution in [0.2, 0.25) is 0 Å². The lowest BCUT2D eigenvalue weighted by Crippen LogP contribution is -2.26. The number of aromatic nitrogens is 1. The van der Waals surface area contributed by atoms with Crippen LogP contribution in [0.25, 0.3) is 0 Å². The second-order valence-corrected chi connectivity index (χ2v) is 4.71. The first-order valence-electron chi connectivity index (χ1n) is 6.86. The normalized spacial score (nSPS) is 11.7. The number of anilines is 1. The minimum absolute atomic E-state index is 0.0667. The highest BCUT2D eigenvalue weighted by Crippen LogP contribution is 2.19. The number of carbonyl (C=O) groups excluding carboxylic acids is 1. The van der Waals surface area contributed by atoms with E-state index in [9.17, 15) is 4.79 Å². The molecule has 21 heavy (non-hydrogen) atoms. The van der Waals surface area contributed by atoms with Crippen LogP contribution < -0.4 is 10.6 Å². The molecular formula is C16H19N3O2. The molecule has 0 aliphatic rings. The lowest BCUT2D eigenvalue weighted by molar-refractivity contribution is 0.0945. The summed E-state index contributed by atoms with van der Waals surface area (Å²) in [6.45, 7) is 2.24. The van der Waals surface area contributed by atoms with Gasteiger partial charge in [-0.1, -0.05) is 6.07 Å². The molecule has 0 fully saturated rings. The Bertz CT molecular complexity index is 587. The summed E-state index contributed by atoms with van der Waals surface area (Å²) in [6.07, 6.45) is 3.51. The van der Waals surface area contributed by atoms with Gasteiger partial charge in [-0.3, -0.25) is 9.78 Å². The number of nitrogens with one attached hydrogen (secondary N) is 2. The molecule has 0 radical (unpaired) electrons. The fraction of sp³-hybridized carbons (Fsp3) is 0.250. The topological polar surface area (TPSA) is 74.2 Å². The zero-order valence-electron chi connectivity index (χ0n) is 11.9. The molecule has 3 N–H and O–H groups in total. The Morgan fingerprint density at radius 1 is 1.29 bits per heavy atom. The predicted octanol–water partition coefficient (Wildman–Crippen LogP) is 1.98. The number of hydrogen-bond acceptors (Lipinski definition) is 4. The molecule has 0 saturated carbocycles. The summed E-state index contributed by atoms with van der Waals surface area (Å²) < 4.78 is 0. The summed E-state index contributed by atoms with van der Waals surface area (Å²) in [5.41, 5.74) is 2.56. The summed E-state index contributed by atoms with van der Waals surface area (Å²) in [4.78, 5) is 15.9. The zero-order valence-corrected chi connectivity index (χ0v) is 11.9. The number of nitrogens with zero attached hydrogens (tertiary/aromatic N) is 1. The van der Waals surface area contributed by atoms with Crippen LogP contribution >= 0.6 is 0 Å². The molecule has 5 nitrogen and oxygen atoms in total. The van der Waals surface area contributed by atoms with Gasteiger partial charge < -0.3 is 15.7 Å². The van der Waals surface area contributed by atoms with Gasteiger partial charge in [0.15, 0.2) is 0 Å². The molecule has 2 rings (SSSR count). The van der Waals surface area contributed by atoms with Crippen molar-refractivity contribution in [3.63, 3.8) is 0 Å². The first kappa shape index (κ1) is 15.0. The van der Waals surface area contributed by atoms with Crippen LogP contribution in [0.5, 0.6) is 0 Å². The summed E-state index contributed by atoms with van der Waals surface area (Å²) in [5, 5.41) is 14.7. The van der Waals surface area contributed by atoms with Crippen molar-refractivity contribution in [2.24, 2.45) is 0 Å². The second-order valence-electron chi connectivity index (χ2n) is 4.71. The molecule has 1 atom stereocenters. The van der Waals surface area contributed by atoms with E-state index in [0.29, 0.717) is 5.56 Å². The van der Waals surface area contributed by atoms with Crippen molar-refractivity contribution in [1.82, 2.24) is 10.3 Å². The number of hydrogen-bond donors (Lipinski definition) is 3. The third-order valence-electron chi connectivity index (χ3n) is 3.11. The molecule has 1 aromatic heterocycles. The average Bonchev–Trinajstić information content (AvgIpc) is 2.53. The molecule has 0 spiro atoms. The van der Waals surface area contributed by atoms with Crippen molar-refractivity contribution in [3.8, 4) is 0 Å². The van der Waals surface area contributed by atoms with E-state index in [1.54, 1.807) is 24.5 Å². The molecule has 1 unspecified atom stereocenters. The van der Waals surface area contributed by atoms with Gasteiger partial charge in [0, 0.05) is 36.2 Å². The lowest BCUT2D eigenvalue weighted by Gasteiger charge is -2.16. The van der Waals surface area contributed by atoms with Crippen LogP contribution in [0.1, 0.15) is 28.9 Å². The number of carbonyl (C=O) groups is 1. The van der Waals surface area contributed by atoms with E-state index in [1.807, 2.05) is 31.2 Å². The largest absolute Gasteiger partial charge is 0.395 e. The monoisotopic (exact) mass is 285 g/mol. The van der Waals surface area contributed by atoms with E-state index >= 15 is 0 Å². The minimum atomic E-state index is -0.190. The Morgan fingerprint density at radius 3 is 2.76 bits per heavy atom. The smallest absolute Gasteiger partial charge is 0.251 e. The summed E-state index contributed by atoms with van der Waals surface area (Å²) in [7, 11) is 0. The quantitative estimate of drug-likeness (QED) is 0.758. The third-order valence-corrected chi connectivity index (χ3v) is 3.11. The van der Waals surface area contributed by atoms with Gasteiger partial charge >= 0.3 is 0 Å². The van der Waals surface area contributed by atoms with Crippen molar-refractivity contribution >= 4 is 11.6 Å². The number of aliphatic hydroxyl groups excluding tert-OH is 1. The van der Waals surface area contributed by atoms with Crippen LogP contribution in [0, 0.1) is 0 Å². The Hall–Kier alpha value is -2.40. The first-order chi connectivity index (χ1) is 10.2. The molecule has 0 bridgehead atoms. The van der Waals surface area contributed by atoms with E-state index in [0.717, 1.165) is 11.3 Å². The molecule has 0 saturated heterocycles. The highest BCUT2D eigenvalue weighted by atomic mass is 16.3. The third kappa shape index (κ3) is 4.29. The molecule has 0 aliphatic carbocycles.